The van der Waals surface area contributed by atoms with Gasteiger partial charge < -0.3 is 9.84 Å². The zero-order chi connectivity index (χ0) is 17.9. The van der Waals surface area contributed by atoms with Crippen LogP contribution in [-0.2, 0) is 10.2 Å². The molecule has 1 aromatic carbocycles. The summed E-state index contributed by atoms with van der Waals surface area (Å²) in [5.41, 5.74) is 1.25. The second kappa shape index (κ2) is 5.47. The van der Waals surface area contributed by atoms with Crippen molar-refractivity contribution in [2.45, 2.75) is 75.9 Å². The van der Waals surface area contributed by atoms with E-state index >= 15 is 0 Å². The number of anilines is 1. The Kier molecular flexibility index (Phi) is 3.70. The van der Waals surface area contributed by atoms with E-state index in [-0.39, 0.29) is 5.41 Å². The van der Waals surface area contributed by atoms with Gasteiger partial charge in [-0.2, -0.15) is 0 Å². The van der Waals surface area contributed by atoms with Crippen LogP contribution in [-0.4, -0.2) is 22.4 Å². The normalized spacial score (nSPS) is 36.3. The van der Waals surface area contributed by atoms with E-state index in [1.54, 1.807) is 0 Å². The Bertz CT molecular complexity index is 659. The molecule has 4 bridgehead atoms. The highest BCUT2D eigenvalue weighted by Gasteiger charge is 2.57. The minimum Gasteiger partial charge on any atom is -0.444 e. The molecule has 0 spiro atoms. The third-order valence-corrected chi connectivity index (χ3v) is 6.17. The molecule has 4 aliphatic carbocycles. The number of rotatable bonds is 2. The Labute approximate surface area is 150 Å². The molecule has 1 amide bonds. The van der Waals surface area contributed by atoms with E-state index in [1.807, 2.05) is 32.9 Å². The van der Waals surface area contributed by atoms with Crippen molar-refractivity contribution in [1.29, 1.82) is 0 Å². The molecule has 2 N–H and O–H groups in total. The second-order valence-electron chi connectivity index (χ2n) is 9.67. The number of hydrogen-bond donors (Lipinski definition) is 2. The van der Waals surface area contributed by atoms with Gasteiger partial charge in [0.25, 0.3) is 0 Å². The third-order valence-electron chi connectivity index (χ3n) is 6.17. The van der Waals surface area contributed by atoms with E-state index in [0.29, 0.717) is 11.8 Å². The minimum absolute atomic E-state index is 0.128. The van der Waals surface area contributed by atoms with Gasteiger partial charge in [-0.15, -0.1) is 0 Å². The molecule has 4 saturated carbocycles. The van der Waals surface area contributed by atoms with Crippen molar-refractivity contribution in [3.05, 3.63) is 29.8 Å². The molecule has 4 aliphatic rings. The largest absolute Gasteiger partial charge is 0.444 e. The van der Waals surface area contributed by atoms with Gasteiger partial charge in [-0.3, -0.25) is 5.32 Å². The Balaban J connectivity index is 1.50. The molecule has 0 aromatic heterocycles. The van der Waals surface area contributed by atoms with Gasteiger partial charge in [-0.05, 0) is 94.2 Å². The maximum Gasteiger partial charge on any atom is 0.412 e. The van der Waals surface area contributed by atoms with Crippen LogP contribution in [0.3, 0.4) is 0 Å². The zero-order valence-electron chi connectivity index (χ0n) is 15.5. The number of benzene rings is 1. The summed E-state index contributed by atoms with van der Waals surface area (Å²) in [5.74, 6) is 1.34. The van der Waals surface area contributed by atoms with Gasteiger partial charge in [0.1, 0.15) is 5.60 Å². The number of hydrogen-bond acceptors (Lipinski definition) is 3. The van der Waals surface area contributed by atoms with Crippen LogP contribution in [0.5, 0.6) is 0 Å². The van der Waals surface area contributed by atoms with E-state index in [1.165, 1.54) is 24.8 Å². The molecule has 1 aromatic rings. The Morgan fingerprint density at radius 1 is 1.12 bits per heavy atom. The Morgan fingerprint density at radius 2 is 1.72 bits per heavy atom. The standard InChI is InChI=1S/C21H29NO3/c1-19(2,3)25-18(23)22-17-6-4-16(5-7-17)20-9-14-8-15(10-20)12-21(24,11-14)13-20/h4-7,14-15,24H,8-13H2,1-3H3,(H,22,23). The van der Waals surface area contributed by atoms with Gasteiger partial charge in [-0.25, -0.2) is 4.79 Å². The molecular formula is C21H29NO3. The van der Waals surface area contributed by atoms with Crippen LogP contribution in [0, 0.1) is 11.8 Å². The molecule has 2 unspecified atom stereocenters. The molecular weight excluding hydrogens is 314 g/mol. The fourth-order valence-corrected chi connectivity index (χ4v) is 5.88. The molecule has 2 atom stereocenters. The molecule has 0 saturated heterocycles. The van der Waals surface area contributed by atoms with E-state index in [0.717, 1.165) is 24.9 Å². The number of amides is 1. The number of nitrogens with one attached hydrogen (secondary N) is 1. The highest BCUT2D eigenvalue weighted by atomic mass is 16.6. The molecule has 0 radical (unpaired) electrons. The summed E-state index contributed by atoms with van der Waals surface area (Å²) in [4.78, 5) is 11.9. The van der Waals surface area contributed by atoms with Gasteiger partial charge in [0, 0.05) is 5.69 Å². The van der Waals surface area contributed by atoms with E-state index < -0.39 is 17.3 Å². The average molecular weight is 343 g/mol. The fraction of sp³-hybridized carbons (Fsp3) is 0.667. The quantitative estimate of drug-likeness (QED) is 0.824. The van der Waals surface area contributed by atoms with Crippen LogP contribution in [0.4, 0.5) is 10.5 Å². The summed E-state index contributed by atoms with van der Waals surface area (Å²) in [6.45, 7) is 5.56. The number of ether oxygens (including phenoxy) is 1. The molecule has 25 heavy (non-hydrogen) atoms. The third kappa shape index (κ3) is 3.29. The first-order valence-electron chi connectivity index (χ1n) is 9.48. The molecule has 136 valence electrons. The van der Waals surface area contributed by atoms with E-state index in [9.17, 15) is 9.90 Å². The molecule has 4 fully saturated rings. The molecule has 4 nitrogen and oxygen atoms in total. The van der Waals surface area contributed by atoms with Crippen LogP contribution in [0.25, 0.3) is 0 Å². The van der Waals surface area contributed by atoms with Crippen LogP contribution in [0.15, 0.2) is 24.3 Å². The Hall–Kier alpha value is -1.55. The molecule has 5 rings (SSSR count). The molecule has 4 heteroatoms. The lowest BCUT2D eigenvalue weighted by atomic mass is 9.46. The predicted molar refractivity (Wildman–Crippen MR) is 97.6 cm³/mol. The van der Waals surface area contributed by atoms with Crippen LogP contribution in [0.2, 0.25) is 0 Å². The van der Waals surface area contributed by atoms with Crippen molar-refractivity contribution < 1.29 is 14.6 Å². The van der Waals surface area contributed by atoms with Crippen LogP contribution in [0.1, 0.15) is 64.9 Å². The van der Waals surface area contributed by atoms with Crippen molar-refractivity contribution in [1.82, 2.24) is 0 Å². The summed E-state index contributed by atoms with van der Waals surface area (Å²) in [7, 11) is 0. The van der Waals surface area contributed by atoms with Gasteiger partial charge in [-0.1, -0.05) is 12.1 Å². The lowest BCUT2D eigenvalue weighted by Crippen LogP contribution is -2.57. The smallest absolute Gasteiger partial charge is 0.412 e. The Morgan fingerprint density at radius 3 is 2.24 bits per heavy atom. The SMILES string of the molecule is CC(C)(C)OC(=O)Nc1ccc(C23CC4CC(CC(O)(C4)C2)C3)cc1. The first-order valence-corrected chi connectivity index (χ1v) is 9.48. The number of aliphatic hydroxyl groups is 1. The number of carbonyl (C=O) groups is 1. The van der Waals surface area contributed by atoms with Crippen molar-refractivity contribution in [2.24, 2.45) is 11.8 Å². The van der Waals surface area contributed by atoms with Gasteiger partial charge in [0.05, 0.1) is 5.60 Å². The molecule has 0 aliphatic heterocycles. The van der Waals surface area contributed by atoms with Crippen LogP contribution < -0.4 is 5.32 Å². The maximum atomic E-state index is 11.9. The van der Waals surface area contributed by atoms with Gasteiger partial charge >= 0.3 is 6.09 Å². The lowest BCUT2D eigenvalue weighted by molar-refractivity contribution is -0.136. The van der Waals surface area contributed by atoms with Crippen molar-refractivity contribution >= 4 is 11.8 Å². The maximum absolute atomic E-state index is 11.9. The second-order valence-corrected chi connectivity index (χ2v) is 9.67. The first kappa shape index (κ1) is 16.9. The first-order chi connectivity index (χ1) is 11.6. The zero-order valence-corrected chi connectivity index (χ0v) is 15.5. The molecule has 0 heterocycles. The number of carbonyl (C=O) groups excluding carboxylic acids is 1. The minimum atomic E-state index is -0.501. The summed E-state index contributed by atoms with van der Waals surface area (Å²) in [6, 6.07) is 8.18. The average Bonchev–Trinajstić information content (AvgIpc) is 2.43. The summed E-state index contributed by atoms with van der Waals surface area (Å²) >= 11 is 0. The fourth-order valence-electron chi connectivity index (χ4n) is 5.88. The summed E-state index contributed by atoms with van der Waals surface area (Å²) < 4.78 is 5.30. The van der Waals surface area contributed by atoms with E-state index in [4.69, 9.17) is 4.74 Å². The van der Waals surface area contributed by atoms with Crippen molar-refractivity contribution in [3.63, 3.8) is 0 Å². The van der Waals surface area contributed by atoms with Crippen molar-refractivity contribution in [3.8, 4) is 0 Å². The summed E-state index contributed by atoms with van der Waals surface area (Å²) in [6.07, 6.45) is 6.14. The van der Waals surface area contributed by atoms with Crippen molar-refractivity contribution in [2.75, 3.05) is 5.32 Å². The monoisotopic (exact) mass is 343 g/mol. The highest BCUT2D eigenvalue weighted by Crippen LogP contribution is 2.62. The van der Waals surface area contributed by atoms with Gasteiger partial charge in [0.2, 0.25) is 0 Å². The summed E-state index contributed by atoms with van der Waals surface area (Å²) in [5, 5.41) is 13.7. The van der Waals surface area contributed by atoms with Gasteiger partial charge in [0.15, 0.2) is 0 Å². The van der Waals surface area contributed by atoms with Crippen LogP contribution >= 0.6 is 0 Å². The predicted octanol–water partition coefficient (Wildman–Crippen LogP) is 4.62. The van der Waals surface area contributed by atoms with E-state index in [2.05, 4.69) is 17.4 Å². The highest BCUT2D eigenvalue weighted by molar-refractivity contribution is 5.84. The topological polar surface area (TPSA) is 58.6 Å². The lowest BCUT2D eigenvalue weighted by Gasteiger charge is -2.60.